The summed E-state index contributed by atoms with van der Waals surface area (Å²) in [6.45, 7) is 2.48. The summed E-state index contributed by atoms with van der Waals surface area (Å²) < 4.78 is 7.75. The van der Waals surface area contributed by atoms with Crippen molar-refractivity contribution in [2.24, 2.45) is 0 Å². The SMILES string of the molecule is CCCOc1ccc2ccccc2c1-c1nc2ccccc2n1CC(=O)O. The maximum atomic E-state index is 11.5. The predicted molar refractivity (Wildman–Crippen MR) is 106 cm³/mol. The number of aromatic nitrogens is 2. The van der Waals surface area contributed by atoms with Crippen molar-refractivity contribution in [1.82, 2.24) is 9.55 Å². The first-order chi connectivity index (χ1) is 13.2. The molecule has 5 nitrogen and oxygen atoms in total. The predicted octanol–water partition coefficient (Wildman–Crippen LogP) is 4.73. The number of aliphatic carboxylic acids is 1. The first kappa shape index (κ1) is 17.1. The van der Waals surface area contributed by atoms with Crippen LogP contribution in [0.15, 0.2) is 60.7 Å². The first-order valence-electron chi connectivity index (χ1n) is 9.01. The zero-order valence-electron chi connectivity index (χ0n) is 15.1. The fraction of sp³-hybridized carbons (Fsp3) is 0.182. The summed E-state index contributed by atoms with van der Waals surface area (Å²) in [4.78, 5) is 16.3. The van der Waals surface area contributed by atoms with E-state index in [4.69, 9.17) is 9.72 Å². The molecule has 0 unspecified atom stereocenters. The minimum atomic E-state index is -0.907. The fourth-order valence-electron chi connectivity index (χ4n) is 3.38. The van der Waals surface area contributed by atoms with Crippen LogP contribution in [-0.2, 0) is 11.3 Å². The standard InChI is InChI=1S/C22H20N2O3/c1-2-13-27-19-12-11-15-7-3-4-8-16(15)21(19)22-23-17-9-5-6-10-18(17)24(22)14-20(25)26/h3-12H,2,13-14H2,1H3,(H,25,26). The number of para-hydroxylation sites is 2. The molecule has 4 rings (SSSR count). The zero-order chi connectivity index (χ0) is 18.8. The fourth-order valence-corrected chi connectivity index (χ4v) is 3.38. The molecule has 0 spiro atoms. The normalized spacial score (nSPS) is 11.1. The highest BCUT2D eigenvalue weighted by Crippen LogP contribution is 2.38. The van der Waals surface area contributed by atoms with Gasteiger partial charge in [0.2, 0.25) is 0 Å². The molecular formula is C22H20N2O3. The van der Waals surface area contributed by atoms with E-state index in [2.05, 4.69) is 6.92 Å². The molecule has 0 bridgehead atoms. The third-order valence-electron chi connectivity index (χ3n) is 4.52. The van der Waals surface area contributed by atoms with Crippen LogP contribution in [-0.4, -0.2) is 27.2 Å². The molecule has 1 heterocycles. The Bertz CT molecular complexity index is 1130. The van der Waals surface area contributed by atoms with Crippen LogP contribution in [0, 0.1) is 0 Å². The Hall–Kier alpha value is -3.34. The average molecular weight is 360 g/mol. The van der Waals surface area contributed by atoms with Gasteiger partial charge in [-0.05, 0) is 35.4 Å². The number of benzene rings is 3. The van der Waals surface area contributed by atoms with Gasteiger partial charge in [0, 0.05) is 0 Å². The van der Waals surface area contributed by atoms with Crippen LogP contribution < -0.4 is 4.74 Å². The Morgan fingerprint density at radius 1 is 1.07 bits per heavy atom. The van der Waals surface area contributed by atoms with Crippen molar-refractivity contribution in [2.45, 2.75) is 19.9 Å². The molecule has 136 valence electrons. The number of carboxylic acid groups (broad SMARTS) is 1. The highest BCUT2D eigenvalue weighted by atomic mass is 16.5. The second kappa shape index (κ2) is 7.11. The van der Waals surface area contributed by atoms with Gasteiger partial charge in [0.25, 0.3) is 0 Å². The number of hydrogen-bond acceptors (Lipinski definition) is 3. The number of hydrogen-bond donors (Lipinski definition) is 1. The average Bonchev–Trinajstić information content (AvgIpc) is 3.03. The Labute approximate surface area is 156 Å². The number of carboxylic acids is 1. The molecule has 0 fully saturated rings. The van der Waals surface area contributed by atoms with Crippen LogP contribution in [0.5, 0.6) is 5.75 Å². The van der Waals surface area contributed by atoms with Gasteiger partial charge in [0.1, 0.15) is 18.1 Å². The lowest BCUT2D eigenvalue weighted by atomic mass is 10.0. The van der Waals surface area contributed by atoms with Crippen molar-refractivity contribution in [3.8, 4) is 17.1 Å². The summed E-state index contributed by atoms with van der Waals surface area (Å²) in [5, 5.41) is 11.5. The van der Waals surface area contributed by atoms with Gasteiger partial charge in [-0.15, -0.1) is 0 Å². The van der Waals surface area contributed by atoms with Gasteiger partial charge < -0.3 is 14.4 Å². The van der Waals surface area contributed by atoms with Gasteiger partial charge in [-0.2, -0.15) is 0 Å². The van der Waals surface area contributed by atoms with Crippen LogP contribution in [0.1, 0.15) is 13.3 Å². The quantitative estimate of drug-likeness (QED) is 0.540. The van der Waals surface area contributed by atoms with Crippen LogP contribution >= 0.6 is 0 Å². The number of rotatable bonds is 6. The van der Waals surface area contributed by atoms with E-state index in [0.717, 1.165) is 39.5 Å². The lowest BCUT2D eigenvalue weighted by Gasteiger charge is -2.15. The highest BCUT2D eigenvalue weighted by Gasteiger charge is 2.20. The monoisotopic (exact) mass is 360 g/mol. The smallest absolute Gasteiger partial charge is 0.323 e. The van der Waals surface area contributed by atoms with Crippen LogP contribution in [0.4, 0.5) is 0 Å². The molecule has 0 aliphatic heterocycles. The minimum absolute atomic E-state index is 0.160. The van der Waals surface area contributed by atoms with Crippen molar-refractivity contribution in [3.63, 3.8) is 0 Å². The van der Waals surface area contributed by atoms with Crippen molar-refractivity contribution in [2.75, 3.05) is 6.61 Å². The Morgan fingerprint density at radius 2 is 1.85 bits per heavy atom. The van der Waals surface area contributed by atoms with Gasteiger partial charge in [0.15, 0.2) is 0 Å². The summed E-state index contributed by atoms with van der Waals surface area (Å²) in [7, 11) is 0. The zero-order valence-corrected chi connectivity index (χ0v) is 15.1. The molecule has 0 aliphatic carbocycles. The molecule has 0 radical (unpaired) electrons. The molecule has 0 saturated heterocycles. The van der Waals surface area contributed by atoms with E-state index in [1.807, 2.05) is 60.7 Å². The van der Waals surface area contributed by atoms with Crippen molar-refractivity contribution in [1.29, 1.82) is 0 Å². The van der Waals surface area contributed by atoms with Gasteiger partial charge >= 0.3 is 5.97 Å². The van der Waals surface area contributed by atoms with E-state index in [1.165, 1.54) is 0 Å². The van der Waals surface area contributed by atoms with E-state index < -0.39 is 5.97 Å². The number of nitrogens with zero attached hydrogens (tertiary/aromatic N) is 2. The number of carbonyl (C=O) groups is 1. The summed E-state index contributed by atoms with van der Waals surface area (Å²) in [6, 6.07) is 19.6. The lowest BCUT2D eigenvalue weighted by Crippen LogP contribution is -2.10. The Morgan fingerprint density at radius 3 is 2.67 bits per heavy atom. The largest absolute Gasteiger partial charge is 0.493 e. The molecule has 27 heavy (non-hydrogen) atoms. The molecular weight excluding hydrogens is 340 g/mol. The minimum Gasteiger partial charge on any atom is -0.493 e. The second-order valence-electron chi connectivity index (χ2n) is 6.41. The molecule has 0 saturated carbocycles. The topological polar surface area (TPSA) is 64.4 Å². The second-order valence-corrected chi connectivity index (χ2v) is 6.41. The van der Waals surface area contributed by atoms with Crippen LogP contribution in [0.3, 0.4) is 0 Å². The number of fused-ring (bicyclic) bond motifs is 2. The van der Waals surface area contributed by atoms with E-state index in [0.29, 0.717) is 12.4 Å². The molecule has 1 N–H and O–H groups in total. The van der Waals surface area contributed by atoms with Gasteiger partial charge in [-0.25, -0.2) is 4.98 Å². The summed E-state index contributed by atoms with van der Waals surface area (Å²) >= 11 is 0. The molecule has 0 atom stereocenters. The third-order valence-corrected chi connectivity index (χ3v) is 4.52. The molecule has 5 heteroatoms. The van der Waals surface area contributed by atoms with E-state index in [9.17, 15) is 9.90 Å². The highest BCUT2D eigenvalue weighted by molar-refractivity contribution is 6.00. The van der Waals surface area contributed by atoms with Gasteiger partial charge in [-0.3, -0.25) is 4.79 Å². The summed E-state index contributed by atoms with van der Waals surface area (Å²) in [5.74, 6) is 0.426. The van der Waals surface area contributed by atoms with E-state index in [-0.39, 0.29) is 6.54 Å². The Balaban J connectivity index is 2.05. The molecule has 0 amide bonds. The van der Waals surface area contributed by atoms with Crippen molar-refractivity contribution < 1.29 is 14.6 Å². The van der Waals surface area contributed by atoms with Gasteiger partial charge in [0.05, 0.1) is 23.2 Å². The number of ether oxygens (including phenoxy) is 1. The maximum Gasteiger partial charge on any atom is 0.323 e. The molecule has 4 aromatic rings. The van der Waals surface area contributed by atoms with E-state index >= 15 is 0 Å². The molecule has 3 aromatic carbocycles. The summed E-state index contributed by atoms with van der Waals surface area (Å²) in [6.07, 6.45) is 0.887. The van der Waals surface area contributed by atoms with Gasteiger partial charge in [-0.1, -0.05) is 49.4 Å². The van der Waals surface area contributed by atoms with Crippen LogP contribution in [0.25, 0.3) is 33.2 Å². The first-order valence-corrected chi connectivity index (χ1v) is 9.01. The van der Waals surface area contributed by atoms with E-state index in [1.54, 1.807) is 4.57 Å². The summed E-state index contributed by atoms with van der Waals surface area (Å²) in [5.41, 5.74) is 2.39. The molecule has 1 aromatic heterocycles. The third kappa shape index (κ3) is 3.12. The van der Waals surface area contributed by atoms with Crippen molar-refractivity contribution >= 4 is 27.8 Å². The Kier molecular flexibility index (Phi) is 4.50. The van der Waals surface area contributed by atoms with Crippen molar-refractivity contribution in [3.05, 3.63) is 60.7 Å². The maximum absolute atomic E-state index is 11.5. The lowest BCUT2D eigenvalue weighted by molar-refractivity contribution is -0.137. The number of imidazole rings is 1. The van der Waals surface area contributed by atoms with Crippen LogP contribution in [0.2, 0.25) is 0 Å². The molecule has 0 aliphatic rings.